The first-order valence-electron chi connectivity index (χ1n) is 10.1. The number of carbonyl (C=O) groups is 1. The van der Waals surface area contributed by atoms with Gasteiger partial charge in [0.1, 0.15) is 17.9 Å². The zero-order valence-corrected chi connectivity index (χ0v) is 18.1. The molecular weight excluding hydrogens is 406 g/mol. The van der Waals surface area contributed by atoms with Crippen LogP contribution in [0.15, 0.2) is 42.5 Å². The van der Waals surface area contributed by atoms with E-state index in [9.17, 15) is 18.1 Å². The minimum Gasteiger partial charge on any atom is -0.598 e. The summed E-state index contributed by atoms with van der Waals surface area (Å²) in [5.41, 5.74) is 1.24. The monoisotopic (exact) mass is 432 g/mol. The summed E-state index contributed by atoms with van der Waals surface area (Å²) in [6.07, 6.45) is 2.25. The zero-order chi connectivity index (χ0) is 21.6. The van der Waals surface area contributed by atoms with E-state index in [4.69, 9.17) is 0 Å². The molecule has 1 unspecified atom stereocenters. The van der Waals surface area contributed by atoms with Crippen LogP contribution in [0.3, 0.4) is 0 Å². The Balaban J connectivity index is 1.54. The summed E-state index contributed by atoms with van der Waals surface area (Å²) in [6, 6.07) is 11.0. The van der Waals surface area contributed by atoms with Crippen LogP contribution in [-0.2, 0) is 16.2 Å². The van der Waals surface area contributed by atoms with E-state index >= 15 is 0 Å². The number of hydrogen-bond donors (Lipinski definition) is 1. The van der Waals surface area contributed by atoms with Crippen LogP contribution in [0, 0.1) is 23.0 Å². The summed E-state index contributed by atoms with van der Waals surface area (Å²) in [4.78, 5) is 15.0. The second-order valence-corrected chi connectivity index (χ2v) is 10.1. The van der Waals surface area contributed by atoms with Crippen molar-refractivity contribution in [1.82, 2.24) is 9.62 Å². The highest BCUT2D eigenvalue weighted by Gasteiger charge is 2.54. The fourth-order valence-corrected chi connectivity index (χ4v) is 5.00. The van der Waals surface area contributed by atoms with Gasteiger partial charge in [-0.15, -0.1) is 4.72 Å². The van der Waals surface area contributed by atoms with Gasteiger partial charge in [0.25, 0.3) is 0 Å². The number of nitrogens with zero attached hydrogens (tertiary/aromatic N) is 1. The second-order valence-electron chi connectivity index (χ2n) is 8.91. The molecule has 1 aliphatic carbocycles. The fourth-order valence-electron chi connectivity index (χ4n) is 4.61. The molecule has 1 amide bonds. The number of benzene rings is 2. The fraction of sp³-hybridized carbons (Fsp3) is 0.435. The third-order valence-electron chi connectivity index (χ3n) is 6.32. The van der Waals surface area contributed by atoms with E-state index in [0.717, 1.165) is 5.56 Å². The molecule has 0 bridgehead atoms. The lowest BCUT2D eigenvalue weighted by Gasteiger charge is -2.54. The van der Waals surface area contributed by atoms with Gasteiger partial charge in [0, 0.05) is 29.2 Å². The van der Waals surface area contributed by atoms with E-state index in [1.165, 1.54) is 18.2 Å². The summed E-state index contributed by atoms with van der Waals surface area (Å²) in [5, 5.41) is 0. The molecule has 4 atom stereocenters. The molecule has 1 N–H and O–H groups in total. The third kappa shape index (κ3) is 3.86. The van der Waals surface area contributed by atoms with Crippen LogP contribution in [0.4, 0.5) is 8.78 Å². The van der Waals surface area contributed by atoms with E-state index < -0.39 is 23.0 Å². The predicted octanol–water partition coefficient (Wildman–Crippen LogP) is 3.86. The van der Waals surface area contributed by atoms with Crippen LogP contribution in [0.1, 0.15) is 31.7 Å². The van der Waals surface area contributed by atoms with Crippen molar-refractivity contribution in [1.29, 1.82) is 0 Å². The maximum Gasteiger partial charge on any atom is 0.226 e. The molecule has 2 aromatic carbocycles. The molecular formula is C23H26F2N2O2S. The summed E-state index contributed by atoms with van der Waals surface area (Å²) >= 11 is -1.13. The molecule has 2 fully saturated rings. The standard InChI is InChI=1S/C23H26F2N2O2S/c1-23(2)13-27(20(23)12-26-30(3)29)22(28)17-11-16(17)14-7-4-5-8-15(14)21-18(24)9-6-10-19(21)25/h4-10,16-17,20,26H,11-13H2,1-3H3/t16-,17+,20-,30?/m0/s1. The van der Waals surface area contributed by atoms with Gasteiger partial charge in [0.15, 0.2) is 0 Å². The lowest BCUT2D eigenvalue weighted by Crippen LogP contribution is -2.67. The Morgan fingerprint density at radius 1 is 1.20 bits per heavy atom. The Morgan fingerprint density at radius 2 is 1.87 bits per heavy atom. The molecule has 4 nitrogen and oxygen atoms in total. The number of halogens is 2. The normalized spacial score (nSPS) is 25.5. The first-order valence-corrected chi connectivity index (χ1v) is 11.7. The Kier molecular flexibility index (Phi) is 5.64. The van der Waals surface area contributed by atoms with Crippen molar-refractivity contribution in [2.75, 3.05) is 19.3 Å². The average Bonchev–Trinajstić information content (AvgIpc) is 3.46. The van der Waals surface area contributed by atoms with Gasteiger partial charge in [-0.25, -0.2) is 8.78 Å². The average molecular weight is 433 g/mol. The van der Waals surface area contributed by atoms with Gasteiger partial charge in [-0.05, 0) is 35.6 Å². The van der Waals surface area contributed by atoms with Crippen LogP contribution >= 0.6 is 0 Å². The van der Waals surface area contributed by atoms with E-state index in [-0.39, 0.29) is 34.8 Å². The molecule has 7 heteroatoms. The van der Waals surface area contributed by atoms with Gasteiger partial charge in [-0.1, -0.05) is 44.2 Å². The van der Waals surface area contributed by atoms with Crippen molar-refractivity contribution in [2.45, 2.75) is 32.2 Å². The van der Waals surface area contributed by atoms with Gasteiger partial charge in [-0.2, -0.15) is 0 Å². The molecule has 160 valence electrons. The lowest BCUT2D eigenvalue weighted by atomic mass is 9.74. The van der Waals surface area contributed by atoms with Crippen molar-refractivity contribution < 1.29 is 18.1 Å². The summed E-state index contributed by atoms with van der Waals surface area (Å²) in [5.74, 6) is -1.38. The molecule has 0 radical (unpaired) electrons. The second kappa shape index (κ2) is 7.94. The van der Waals surface area contributed by atoms with Gasteiger partial charge >= 0.3 is 0 Å². The number of carbonyl (C=O) groups excluding carboxylic acids is 1. The van der Waals surface area contributed by atoms with Crippen molar-refractivity contribution in [3.8, 4) is 11.1 Å². The highest BCUT2D eigenvalue weighted by atomic mass is 32.2. The largest absolute Gasteiger partial charge is 0.598 e. The first kappa shape index (κ1) is 21.3. The maximum atomic E-state index is 14.4. The third-order valence-corrected chi connectivity index (χ3v) is 6.89. The van der Waals surface area contributed by atoms with Gasteiger partial charge < -0.3 is 9.45 Å². The van der Waals surface area contributed by atoms with Gasteiger partial charge in [0.05, 0.1) is 18.2 Å². The van der Waals surface area contributed by atoms with Crippen LogP contribution < -0.4 is 4.72 Å². The minimum absolute atomic E-state index is 0.0191. The Morgan fingerprint density at radius 3 is 2.50 bits per heavy atom. The highest BCUT2D eigenvalue weighted by molar-refractivity contribution is 7.88. The van der Waals surface area contributed by atoms with Crippen molar-refractivity contribution in [2.24, 2.45) is 11.3 Å². The van der Waals surface area contributed by atoms with E-state index in [2.05, 4.69) is 18.6 Å². The zero-order valence-electron chi connectivity index (χ0n) is 17.3. The van der Waals surface area contributed by atoms with Crippen molar-refractivity contribution in [3.63, 3.8) is 0 Å². The first-order chi connectivity index (χ1) is 14.2. The Hall–Kier alpha value is -1.96. The van der Waals surface area contributed by atoms with Crippen molar-refractivity contribution >= 4 is 17.3 Å². The van der Waals surface area contributed by atoms with Crippen LogP contribution in [-0.4, -0.2) is 40.7 Å². The molecule has 1 heterocycles. The van der Waals surface area contributed by atoms with Crippen molar-refractivity contribution in [3.05, 3.63) is 59.7 Å². The quantitative estimate of drug-likeness (QED) is 0.706. The molecule has 2 aromatic rings. The predicted molar refractivity (Wildman–Crippen MR) is 114 cm³/mol. The number of nitrogens with one attached hydrogen (secondary N) is 1. The van der Waals surface area contributed by atoms with E-state index in [0.29, 0.717) is 25.1 Å². The topological polar surface area (TPSA) is 55.4 Å². The molecule has 1 saturated heterocycles. The summed E-state index contributed by atoms with van der Waals surface area (Å²) < 4.78 is 43.1. The Bertz CT molecular complexity index is 946. The molecule has 2 aliphatic rings. The van der Waals surface area contributed by atoms with Gasteiger partial charge in [0.2, 0.25) is 5.91 Å². The number of hydrogen-bond acceptors (Lipinski definition) is 3. The smallest absolute Gasteiger partial charge is 0.226 e. The van der Waals surface area contributed by atoms with Gasteiger partial charge in [-0.3, -0.25) is 4.79 Å². The summed E-state index contributed by atoms with van der Waals surface area (Å²) in [6.45, 7) is 5.34. The molecule has 1 aliphatic heterocycles. The van der Waals surface area contributed by atoms with Crippen LogP contribution in [0.2, 0.25) is 0 Å². The molecule has 4 rings (SSSR count). The lowest BCUT2D eigenvalue weighted by molar-refractivity contribution is -0.152. The number of likely N-dealkylation sites (tertiary alicyclic amines) is 1. The highest BCUT2D eigenvalue weighted by Crippen LogP contribution is 2.53. The molecule has 0 spiro atoms. The minimum atomic E-state index is -1.13. The number of amides is 1. The molecule has 30 heavy (non-hydrogen) atoms. The van der Waals surface area contributed by atoms with Crippen LogP contribution in [0.25, 0.3) is 11.1 Å². The van der Waals surface area contributed by atoms with E-state index in [1.807, 2.05) is 17.0 Å². The SMILES string of the molecule is C[S+]([O-])NC[C@@H]1N(C(=O)[C@@H]2C[C@H]2c2ccccc2-c2c(F)cccc2F)CC1(C)C. The van der Waals surface area contributed by atoms with Crippen LogP contribution in [0.5, 0.6) is 0 Å². The molecule has 1 saturated carbocycles. The molecule has 0 aromatic heterocycles. The number of rotatable bonds is 6. The summed E-state index contributed by atoms with van der Waals surface area (Å²) in [7, 11) is 0. The Labute approximate surface area is 179 Å². The van der Waals surface area contributed by atoms with E-state index in [1.54, 1.807) is 18.4 Å². The maximum absolute atomic E-state index is 14.4.